The van der Waals surface area contributed by atoms with Gasteiger partial charge in [-0.25, -0.2) is 4.79 Å². The fourth-order valence-corrected chi connectivity index (χ4v) is 2.54. The van der Waals surface area contributed by atoms with Crippen molar-refractivity contribution < 1.29 is 9.32 Å². The molecule has 2 amide bonds. The van der Waals surface area contributed by atoms with Gasteiger partial charge in [-0.15, -0.1) is 0 Å². The van der Waals surface area contributed by atoms with Crippen LogP contribution < -0.4 is 10.6 Å². The molecular weight excluding hydrogens is 270 g/mol. The molecule has 0 fully saturated rings. The number of carbonyl (C=O) groups is 1. The minimum absolute atomic E-state index is 0.353. The molecule has 2 aromatic heterocycles. The summed E-state index contributed by atoms with van der Waals surface area (Å²) in [5.74, 6) is 1.94. The molecule has 1 aliphatic rings. The highest BCUT2D eigenvalue weighted by molar-refractivity contribution is 5.99. The zero-order chi connectivity index (χ0) is 14.8. The van der Waals surface area contributed by atoms with Crippen LogP contribution in [0.4, 0.5) is 16.4 Å². The summed E-state index contributed by atoms with van der Waals surface area (Å²) >= 11 is 0. The monoisotopic (exact) mass is 289 g/mol. The summed E-state index contributed by atoms with van der Waals surface area (Å²) < 4.78 is 7.04. The second-order valence-corrected chi connectivity index (χ2v) is 5.37. The molecule has 0 aromatic carbocycles. The summed E-state index contributed by atoms with van der Waals surface area (Å²) in [5, 5.41) is 13.6. The topological polar surface area (TPSA) is 85.0 Å². The van der Waals surface area contributed by atoms with Crippen LogP contribution in [0.15, 0.2) is 10.6 Å². The molecule has 2 N–H and O–H groups in total. The van der Waals surface area contributed by atoms with E-state index in [4.69, 9.17) is 4.52 Å². The van der Waals surface area contributed by atoms with Crippen LogP contribution in [0.1, 0.15) is 36.3 Å². The smallest absolute Gasteiger partial charge is 0.326 e. The standard InChI is InChI=1S/C14H19N5O2/c1-9-8-12(17-19(9)2)15-14(20)16-13-10-6-4-3-5-7-11(10)21-18-13/h8H,3-7H2,1-2H3,(H2,15,16,17,18,20). The molecule has 0 radical (unpaired) electrons. The summed E-state index contributed by atoms with van der Waals surface area (Å²) in [7, 11) is 1.83. The van der Waals surface area contributed by atoms with E-state index in [1.165, 1.54) is 6.42 Å². The van der Waals surface area contributed by atoms with E-state index in [0.717, 1.165) is 42.7 Å². The van der Waals surface area contributed by atoms with Crippen LogP contribution in [0, 0.1) is 6.92 Å². The Kier molecular flexibility index (Phi) is 3.64. The molecule has 3 rings (SSSR count). The largest absolute Gasteiger partial charge is 0.359 e. The third kappa shape index (κ3) is 2.91. The van der Waals surface area contributed by atoms with Crippen LogP contribution in [0.3, 0.4) is 0 Å². The van der Waals surface area contributed by atoms with Crippen molar-refractivity contribution >= 4 is 17.7 Å². The molecule has 7 nitrogen and oxygen atoms in total. The molecule has 0 unspecified atom stereocenters. The summed E-state index contributed by atoms with van der Waals surface area (Å²) in [6.07, 6.45) is 5.19. The van der Waals surface area contributed by atoms with E-state index in [1.54, 1.807) is 4.68 Å². The average molecular weight is 289 g/mol. The first kappa shape index (κ1) is 13.7. The third-order valence-corrected chi connectivity index (χ3v) is 3.79. The lowest BCUT2D eigenvalue weighted by Gasteiger charge is -2.04. The molecule has 0 bridgehead atoms. The molecule has 2 heterocycles. The normalized spacial score (nSPS) is 14.4. The Hall–Kier alpha value is -2.31. The van der Waals surface area contributed by atoms with Gasteiger partial charge in [-0.2, -0.15) is 5.10 Å². The van der Waals surface area contributed by atoms with E-state index in [0.29, 0.717) is 11.6 Å². The maximum Gasteiger partial charge on any atom is 0.326 e. The van der Waals surface area contributed by atoms with Crippen LogP contribution in [0.5, 0.6) is 0 Å². The summed E-state index contributed by atoms with van der Waals surface area (Å²) in [6.45, 7) is 1.92. The van der Waals surface area contributed by atoms with Crippen molar-refractivity contribution in [1.29, 1.82) is 0 Å². The SMILES string of the molecule is Cc1cc(NC(=O)Nc2noc3c2CCCCC3)nn1C. The molecular formula is C14H19N5O2. The lowest BCUT2D eigenvalue weighted by molar-refractivity contribution is 0.261. The third-order valence-electron chi connectivity index (χ3n) is 3.79. The Bertz CT molecular complexity index is 639. The Balaban J connectivity index is 1.69. The Morgan fingerprint density at radius 1 is 1.29 bits per heavy atom. The van der Waals surface area contributed by atoms with Gasteiger partial charge in [-0.05, 0) is 26.2 Å². The van der Waals surface area contributed by atoms with Crippen molar-refractivity contribution in [2.75, 3.05) is 10.6 Å². The highest BCUT2D eigenvalue weighted by Crippen LogP contribution is 2.26. The maximum absolute atomic E-state index is 12.0. The fraction of sp³-hybridized carbons (Fsp3) is 0.500. The maximum atomic E-state index is 12.0. The second kappa shape index (κ2) is 5.59. The van der Waals surface area contributed by atoms with Crippen molar-refractivity contribution in [1.82, 2.24) is 14.9 Å². The van der Waals surface area contributed by atoms with Gasteiger partial charge < -0.3 is 4.52 Å². The van der Waals surface area contributed by atoms with E-state index in [2.05, 4.69) is 20.9 Å². The van der Waals surface area contributed by atoms with Gasteiger partial charge in [-0.1, -0.05) is 11.6 Å². The number of aryl methyl sites for hydroxylation is 3. The van der Waals surface area contributed by atoms with Crippen molar-refractivity contribution in [2.45, 2.75) is 39.0 Å². The van der Waals surface area contributed by atoms with Crippen LogP contribution in [-0.2, 0) is 19.9 Å². The van der Waals surface area contributed by atoms with Crippen LogP contribution >= 0.6 is 0 Å². The lowest BCUT2D eigenvalue weighted by Crippen LogP contribution is -2.20. The summed E-state index contributed by atoms with van der Waals surface area (Å²) in [6, 6.07) is 1.46. The van der Waals surface area contributed by atoms with Gasteiger partial charge in [0.2, 0.25) is 0 Å². The van der Waals surface area contributed by atoms with E-state index in [-0.39, 0.29) is 6.03 Å². The number of aromatic nitrogens is 3. The van der Waals surface area contributed by atoms with Gasteiger partial charge in [-0.3, -0.25) is 15.3 Å². The van der Waals surface area contributed by atoms with Crippen LogP contribution in [-0.4, -0.2) is 21.0 Å². The zero-order valence-electron chi connectivity index (χ0n) is 12.3. The number of anilines is 2. The van der Waals surface area contributed by atoms with Crippen molar-refractivity contribution in [2.24, 2.45) is 7.05 Å². The number of amides is 2. The number of rotatable bonds is 2. The highest BCUT2D eigenvalue weighted by atomic mass is 16.5. The molecule has 0 aliphatic heterocycles. The van der Waals surface area contributed by atoms with E-state index in [1.807, 2.05) is 20.0 Å². The van der Waals surface area contributed by atoms with Crippen LogP contribution in [0.25, 0.3) is 0 Å². The summed E-state index contributed by atoms with van der Waals surface area (Å²) in [4.78, 5) is 12.0. The Morgan fingerprint density at radius 3 is 2.86 bits per heavy atom. The van der Waals surface area contributed by atoms with Gasteiger partial charge in [0.1, 0.15) is 5.76 Å². The molecule has 2 aromatic rings. The van der Waals surface area contributed by atoms with Crippen molar-refractivity contribution in [3.05, 3.63) is 23.1 Å². The van der Waals surface area contributed by atoms with E-state index in [9.17, 15) is 4.79 Å². The zero-order valence-corrected chi connectivity index (χ0v) is 12.3. The lowest BCUT2D eigenvalue weighted by atomic mass is 10.1. The molecule has 0 saturated heterocycles. The molecule has 112 valence electrons. The Labute approximate surface area is 122 Å². The fourth-order valence-electron chi connectivity index (χ4n) is 2.54. The number of nitrogens with zero attached hydrogens (tertiary/aromatic N) is 3. The number of carbonyl (C=O) groups excluding carboxylic acids is 1. The van der Waals surface area contributed by atoms with Gasteiger partial charge in [0.15, 0.2) is 11.6 Å². The molecule has 21 heavy (non-hydrogen) atoms. The molecule has 1 aliphatic carbocycles. The minimum Gasteiger partial charge on any atom is -0.359 e. The number of nitrogens with one attached hydrogen (secondary N) is 2. The quantitative estimate of drug-likeness (QED) is 0.832. The number of hydrogen-bond acceptors (Lipinski definition) is 4. The van der Waals surface area contributed by atoms with Gasteiger partial charge in [0, 0.05) is 30.8 Å². The molecule has 0 saturated carbocycles. The minimum atomic E-state index is -0.353. The van der Waals surface area contributed by atoms with Crippen molar-refractivity contribution in [3.63, 3.8) is 0 Å². The Morgan fingerprint density at radius 2 is 2.10 bits per heavy atom. The number of hydrogen-bond donors (Lipinski definition) is 2. The van der Waals surface area contributed by atoms with Gasteiger partial charge >= 0.3 is 6.03 Å². The van der Waals surface area contributed by atoms with E-state index >= 15 is 0 Å². The molecule has 0 spiro atoms. The first-order valence-electron chi connectivity index (χ1n) is 7.19. The van der Waals surface area contributed by atoms with Gasteiger partial charge in [0.05, 0.1) is 0 Å². The summed E-state index contributed by atoms with van der Waals surface area (Å²) in [5.41, 5.74) is 2.00. The van der Waals surface area contributed by atoms with Gasteiger partial charge in [0.25, 0.3) is 0 Å². The molecule has 7 heteroatoms. The van der Waals surface area contributed by atoms with Crippen molar-refractivity contribution in [3.8, 4) is 0 Å². The average Bonchev–Trinajstić information content (AvgIpc) is 2.84. The van der Waals surface area contributed by atoms with Crippen LogP contribution in [0.2, 0.25) is 0 Å². The molecule has 0 atom stereocenters. The highest BCUT2D eigenvalue weighted by Gasteiger charge is 2.19. The first-order valence-corrected chi connectivity index (χ1v) is 7.19. The second-order valence-electron chi connectivity index (χ2n) is 5.37. The van der Waals surface area contributed by atoms with E-state index < -0.39 is 0 Å². The first-order chi connectivity index (χ1) is 10.1. The number of urea groups is 1. The number of fused-ring (bicyclic) bond motifs is 1. The predicted octanol–water partition coefficient (Wildman–Crippen LogP) is 2.63. The predicted molar refractivity (Wildman–Crippen MR) is 78.3 cm³/mol.